The van der Waals surface area contributed by atoms with E-state index in [-0.39, 0.29) is 27.1 Å². The zero-order chi connectivity index (χ0) is 51.5. The molecule has 70 heavy (non-hydrogen) atoms. The van der Waals surface area contributed by atoms with Crippen LogP contribution in [0.5, 0.6) is 0 Å². The molecule has 0 amide bonds. The number of fused-ring (bicyclic) bond motifs is 2. The van der Waals surface area contributed by atoms with Gasteiger partial charge in [-0.1, -0.05) is 147 Å². The second-order valence-corrected chi connectivity index (χ2v) is 26.9. The highest BCUT2D eigenvalue weighted by molar-refractivity contribution is 7.23. The molecule has 1 aliphatic carbocycles. The molecule has 0 N–H and O–H groups in total. The molecule has 0 saturated carbocycles. The molecule has 6 aromatic carbocycles. The van der Waals surface area contributed by atoms with E-state index in [0.717, 1.165) is 22.7 Å². The van der Waals surface area contributed by atoms with Crippen LogP contribution in [0.25, 0.3) is 21.2 Å². The Morgan fingerprint density at radius 2 is 0.886 bits per heavy atom. The lowest BCUT2D eigenvalue weighted by Crippen LogP contribution is -2.56. The average molecular weight is 932 g/mol. The topological polar surface area (TPSA) is 6.48 Å². The molecule has 1 aromatic heterocycles. The lowest BCUT2D eigenvalue weighted by atomic mass is 9.57. The van der Waals surface area contributed by atoms with Gasteiger partial charge in [-0.15, -0.1) is 27.7 Å². The van der Waals surface area contributed by atoms with E-state index in [1.165, 1.54) is 122 Å². The van der Waals surface area contributed by atoms with Crippen LogP contribution in [0.3, 0.4) is 0 Å². The minimum Gasteiger partial charge on any atom is -0.310 e. The summed E-state index contributed by atoms with van der Waals surface area (Å²) < 4.78 is 1.35. The predicted molar refractivity (Wildman–Crippen MR) is 338 cm³/mol. The van der Waals surface area contributed by atoms with Crippen LogP contribution in [-0.4, -0.2) is 62.8 Å². The molecule has 0 aliphatic heterocycles. The Morgan fingerprint density at radius 1 is 0.443 bits per heavy atom. The molecule has 0 unspecified atom stereocenters. The molecule has 0 spiro atoms. The van der Waals surface area contributed by atoms with E-state index in [1.54, 1.807) is 0 Å². The van der Waals surface area contributed by atoms with E-state index in [4.69, 9.17) is 0 Å². The van der Waals surface area contributed by atoms with E-state index in [0.29, 0.717) is 0 Å². The van der Waals surface area contributed by atoms with Crippen LogP contribution in [-0.2, 0) is 27.1 Å². The van der Waals surface area contributed by atoms with Crippen molar-refractivity contribution in [3.63, 3.8) is 0 Å². The molecule has 352 valence electrons. The summed E-state index contributed by atoms with van der Waals surface area (Å²) in [4.78, 5) is 5.16. The molecule has 0 bridgehead atoms. The van der Waals surface area contributed by atoms with E-state index >= 15 is 0 Å². The van der Waals surface area contributed by atoms with Crippen molar-refractivity contribution in [2.24, 2.45) is 0 Å². The Kier molecular flexibility index (Phi) is 13.2. The molecule has 0 radical (unpaired) electrons. The van der Waals surface area contributed by atoms with Gasteiger partial charge in [-0.05, 0) is 152 Å². The lowest BCUT2D eigenvalue weighted by molar-refractivity contribution is 0.332. The van der Waals surface area contributed by atoms with Crippen LogP contribution in [0, 0.1) is 6.92 Å². The lowest BCUT2D eigenvalue weighted by Gasteiger charge is -2.41. The first-order valence-corrected chi connectivity index (χ1v) is 26.9. The second kappa shape index (κ2) is 17.9. The number of aryl methyl sites for hydroxylation is 1. The van der Waals surface area contributed by atoms with E-state index in [2.05, 4.69) is 254 Å². The van der Waals surface area contributed by atoms with Crippen molar-refractivity contribution in [3.8, 4) is 11.1 Å². The summed E-state index contributed by atoms with van der Waals surface area (Å²) in [5.41, 5.74) is 28.2. The second-order valence-electron chi connectivity index (χ2n) is 25.8. The van der Waals surface area contributed by atoms with Gasteiger partial charge in [0.25, 0.3) is 0 Å². The van der Waals surface area contributed by atoms with Crippen molar-refractivity contribution in [1.29, 1.82) is 0 Å². The van der Waals surface area contributed by atoms with Gasteiger partial charge in [-0.2, -0.15) is 0 Å². The van der Waals surface area contributed by atoms with Crippen molar-refractivity contribution in [1.82, 2.24) is 0 Å². The highest BCUT2D eigenvalue weighted by Gasteiger charge is 2.38. The first-order valence-electron chi connectivity index (χ1n) is 26.1. The minimum absolute atomic E-state index is 0.0450. The van der Waals surface area contributed by atoms with E-state index in [9.17, 15) is 0 Å². The SMILES string of the molecule is Bc1c(B)c(B)c(-c2c(B)c(C(C)(C)C)c(B)c(B)c2N(c2cc(C)cc(N(c3ccc(C(C)(C)C)cc3)c3ccc(C(C)(C)C)cc3)c2)c2cc3cc4c(cc3s2)C(C)(C)CCC4(C)C)c(B)c1B. The van der Waals surface area contributed by atoms with Gasteiger partial charge in [0.2, 0.25) is 0 Å². The predicted octanol–water partition coefficient (Wildman–Crippen LogP) is 4.13. The minimum atomic E-state index is -0.0635. The molecule has 7 aromatic rings. The summed E-state index contributed by atoms with van der Waals surface area (Å²) in [5.74, 6) is 0. The van der Waals surface area contributed by atoms with E-state index < -0.39 is 0 Å². The Hall–Kier alpha value is -4.60. The summed E-state index contributed by atoms with van der Waals surface area (Å²) in [6, 6.07) is 33.5. The van der Waals surface area contributed by atoms with Crippen molar-refractivity contribution in [2.45, 2.75) is 137 Å². The highest BCUT2D eigenvalue weighted by atomic mass is 32.1. The van der Waals surface area contributed by atoms with Gasteiger partial charge in [-0.3, -0.25) is 0 Å². The fraction of sp³-hybridized carbons (Fsp3) is 0.356. The molecule has 1 heterocycles. The van der Waals surface area contributed by atoms with Crippen LogP contribution < -0.4 is 53.5 Å². The summed E-state index contributed by atoms with van der Waals surface area (Å²) in [6.45, 7) is 33.1. The summed E-state index contributed by atoms with van der Waals surface area (Å²) >= 11 is 1.95. The van der Waals surface area contributed by atoms with Gasteiger partial charge >= 0.3 is 0 Å². The van der Waals surface area contributed by atoms with Crippen LogP contribution in [0.1, 0.15) is 136 Å². The zero-order valence-corrected chi connectivity index (χ0v) is 48.1. The van der Waals surface area contributed by atoms with Crippen LogP contribution >= 0.6 is 11.3 Å². The van der Waals surface area contributed by atoms with Gasteiger partial charge in [0.15, 0.2) is 0 Å². The Bertz CT molecular complexity index is 3060. The maximum Gasteiger partial charge on any atom is 0.141 e. The van der Waals surface area contributed by atoms with Crippen molar-refractivity contribution in [2.75, 3.05) is 9.80 Å². The largest absolute Gasteiger partial charge is 0.310 e. The number of rotatable bonds is 7. The first kappa shape index (κ1) is 51.7. The number of anilines is 6. The number of hydrogen-bond acceptors (Lipinski definition) is 3. The monoisotopic (exact) mass is 933 g/mol. The smallest absolute Gasteiger partial charge is 0.141 e. The Balaban J connectivity index is 1.51. The van der Waals surface area contributed by atoms with Gasteiger partial charge in [-0.25, -0.2) is 0 Å². The quantitative estimate of drug-likeness (QED) is 0.223. The highest BCUT2D eigenvalue weighted by Crippen LogP contribution is 2.51. The maximum atomic E-state index is 2.68. The third kappa shape index (κ3) is 9.13. The Labute approximate surface area is 434 Å². The fourth-order valence-corrected chi connectivity index (χ4v) is 13.1. The molecule has 2 nitrogen and oxygen atoms in total. The fourth-order valence-electron chi connectivity index (χ4n) is 12.0. The maximum absolute atomic E-state index is 2.68. The molecule has 0 atom stereocenters. The molecular formula is C59H76B8N2S. The van der Waals surface area contributed by atoms with Gasteiger partial charge in [0, 0.05) is 33.1 Å². The summed E-state index contributed by atoms with van der Waals surface area (Å²) in [6.07, 6.45) is 2.38. The first-order chi connectivity index (χ1) is 32.3. The molecule has 0 saturated heterocycles. The third-order valence-corrected chi connectivity index (χ3v) is 17.8. The average Bonchev–Trinajstić information content (AvgIpc) is 3.68. The van der Waals surface area contributed by atoms with E-state index in [1.807, 2.05) is 11.3 Å². The van der Waals surface area contributed by atoms with Gasteiger partial charge < -0.3 is 9.80 Å². The molecule has 0 fully saturated rings. The van der Waals surface area contributed by atoms with Gasteiger partial charge in [0.05, 0.1) is 0 Å². The summed E-state index contributed by atoms with van der Waals surface area (Å²) in [7, 11) is 18.9. The van der Waals surface area contributed by atoms with Crippen LogP contribution in [0.15, 0.2) is 84.9 Å². The van der Waals surface area contributed by atoms with Crippen molar-refractivity contribution >= 4 is 161 Å². The molecular weight excluding hydrogens is 855 g/mol. The molecule has 11 heteroatoms. The number of nitrogens with zero attached hydrogens (tertiary/aromatic N) is 2. The van der Waals surface area contributed by atoms with Crippen molar-refractivity contribution < 1.29 is 0 Å². The number of thiophene rings is 1. The molecule has 1 aliphatic rings. The standard InChI is InChI=1S/C59H76B8N2S/c1-31-25-37(68(35-19-15-33(16-20-35)55(2,3)4)36-21-17-34(18-22-36)56(5,6)7)29-38(26-31)69(42-28-32-27-39-40(30-41(32)70-42)59(13,14)24-23-58(39,11)12)54-44(43-47(61)50(64)52(66)51(65)48(43)62)46(60)45(57(8,9)10)49(63)53(54)67/h15-22,25-30H,23-24,60-67H2,1-14H3. The van der Waals surface area contributed by atoms with Crippen LogP contribution in [0.4, 0.5) is 33.4 Å². The summed E-state index contributed by atoms with van der Waals surface area (Å²) in [5, 5.41) is 2.57. The van der Waals surface area contributed by atoms with Crippen LogP contribution in [0.2, 0.25) is 0 Å². The Morgan fingerprint density at radius 3 is 1.34 bits per heavy atom. The number of benzene rings is 6. The number of hydrogen-bond donors (Lipinski definition) is 0. The third-order valence-electron chi connectivity index (χ3n) is 16.7. The molecule has 8 rings (SSSR count). The zero-order valence-electron chi connectivity index (χ0n) is 47.3. The van der Waals surface area contributed by atoms with Crippen molar-refractivity contribution in [3.05, 3.63) is 118 Å². The normalized spacial score (nSPS) is 14.7. The van der Waals surface area contributed by atoms with Gasteiger partial charge in [0.1, 0.15) is 67.8 Å².